The van der Waals surface area contributed by atoms with Crippen molar-refractivity contribution in [1.29, 1.82) is 0 Å². The van der Waals surface area contributed by atoms with Gasteiger partial charge in [-0.25, -0.2) is 4.68 Å². The Balaban J connectivity index is 1.46. The summed E-state index contributed by atoms with van der Waals surface area (Å²) in [6.07, 6.45) is 7.00. The monoisotopic (exact) mass is 527 g/mol. The Kier molecular flexibility index (Phi) is 6.34. The van der Waals surface area contributed by atoms with E-state index in [1.54, 1.807) is 27.8 Å². The number of fused-ring (bicyclic) bond motifs is 2. The number of aromatic nitrogens is 4. The van der Waals surface area contributed by atoms with Crippen LogP contribution in [-0.4, -0.2) is 31.8 Å². The van der Waals surface area contributed by atoms with Crippen LogP contribution in [-0.2, 0) is 0 Å². The molecule has 196 valence electrons. The van der Waals surface area contributed by atoms with Crippen LogP contribution >= 0.6 is 0 Å². The number of nitrogens with one attached hydrogen (secondary N) is 2. The van der Waals surface area contributed by atoms with Crippen LogP contribution in [0.4, 0.5) is 11.6 Å². The Morgan fingerprint density at radius 2 is 1.88 bits per heavy atom. The predicted octanol–water partition coefficient (Wildman–Crippen LogP) is 3.95. The molecule has 4 heterocycles. The zero-order valence-electron chi connectivity index (χ0n) is 21.6. The van der Waals surface area contributed by atoms with Crippen molar-refractivity contribution in [2.45, 2.75) is 13.0 Å². The number of benzene rings is 2. The van der Waals surface area contributed by atoms with Gasteiger partial charge in [0.05, 0.1) is 11.4 Å². The summed E-state index contributed by atoms with van der Waals surface area (Å²) < 4.78 is 3.17. The lowest BCUT2D eigenvalue weighted by atomic mass is 10.0. The maximum atomic E-state index is 14.2. The topological polar surface area (TPSA) is 120 Å². The second kappa shape index (κ2) is 10.3. The molecule has 1 aliphatic heterocycles. The van der Waals surface area contributed by atoms with Gasteiger partial charge in [0.1, 0.15) is 11.4 Å². The van der Waals surface area contributed by atoms with E-state index < -0.39 is 11.9 Å². The number of carbonyl (C=O) groups excluding carboxylic acids is 1. The summed E-state index contributed by atoms with van der Waals surface area (Å²) in [5.74, 6) is 6.54. The van der Waals surface area contributed by atoms with Crippen molar-refractivity contribution in [3.8, 4) is 17.5 Å². The highest BCUT2D eigenvalue weighted by Crippen LogP contribution is 2.27. The number of hydrogen-bond acceptors (Lipinski definition) is 6. The fraction of sp³-hybridized carbons (Fsp3) is 0.0968. The number of anilines is 2. The number of rotatable bonds is 4. The molecule has 9 nitrogen and oxygen atoms in total. The third-order valence-corrected chi connectivity index (χ3v) is 6.70. The van der Waals surface area contributed by atoms with Gasteiger partial charge < -0.3 is 16.4 Å². The van der Waals surface area contributed by atoms with Gasteiger partial charge in [0.2, 0.25) is 0 Å². The molecule has 4 N–H and O–H groups in total. The molecule has 6 rings (SSSR count). The Hall–Kier alpha value is -5.62. The third kappa shape index (κ3) is 4.48. The van der Waals surface area contributed by atoms with E-state index in [0.717, 1.165) is 10.9 Å². The highest BCUT2D eigenvalue weighted by Gasteiger charge is 2.26. The lowest BCUT2D eigenvalue weighted by Crippen LogP contribution is -2.33. The van der Waals surface area contributed by atoms with Gasteiger partial charge in [-0.3, -0.25) is 19.1 Å². The molecule has 5 aromatic rings. The summed E-state index contributed by atoms with van der Waals surface area (Å²) in [5, 5.41) is 11.6. The average Bonchev–Trinajstić information content (AvgIpc) is 3.32. The number of pyridine rings is 2. The van der Waals surface area contributed by atoms with Crippen molar-refractivity contribution in [3.05, 3.63) is 118 Å². The molecule has 0 spiro atoms. The first-order valence-electron chi connectivity index (χ1n) is 12.8. The summed E-state index contributed by atoms with van der Waals surface area (Å²) in [7, 11) is 0. The molecular weight excluding hydrogens is 502 g/mol. The minimum Gasteiger partial charge on any atom is -0.381 e. The SMILES string of the molecule is CC(NC(=O)c1c(N)nn2c1NCC=C2)c1cc2cccc(C#Cc3ccncc3)c2c(=O)n1-c1ccccc1. The molecule has 3 aromatic heterocycles. The average molecular weight is 528 g/mol. The van der Waals surface area contributed by atoms with Gasteiger partial charge in [0.25, 0.3) is 11.5 Å². The number of carbonyl (C=O) groups is 1. The van der Waals surface area contributed by atoms with Crippen LogP contribution < -0.4 is 21.9 Å². The van der Waals surface area contributed by atoms with Crippen LogP contribution in [0.3, 0.4) is 0 Å². The summed E-state index contributed by atoms with van der Waals surface area (Å²) in [5.41, 5.74) is 8.85. The molecule has 1 aliphatic rings. The minimum atomic E-state index is -0.551. The van der Waals surface area contributed by atoms with Crippen LogP contribution in [0.2, 0.25) is 0 Å². The van der Waals surface area contributed by atoms with Crippen LogP contribution in [0.1, 0.15) is 40.1 Å². The van der Waals surface area contributed by atoms with E-state index in [0.29, 0.717) is 34.7 Å². The summed E-state index contributed by atoms with van der Waals surface area (Å²) in [6.45, 7) is 2.40. The fourth-order valence-corrected chi connectivity index (χ4v) is 4.83. The maximum Gasteiger partial charge on any atom is 0.264 e. The normalized spacial score (nSPS) is 12.6. The predicted molar refractivity (Wildman–Crippen MR) is 156 cm³/mol. The quantitative estimate of drug-likeness (QED) is 0.305. The molecule has 0 bridgehead atoms. The van der Waals surface area contributed by atoms with Gasteiger partial charge in [-0.1, -0.05) is 42.2 Å². The van der Waals surface area contributed by atoms with E-state index in [2.05, 4.69) is 32.6 Å². The van der Waals surface area contributed by atoms with Crippen LogP contribution in [0, 0.1) is 11.8 Å². The zero-order valence-corrected chi connectivity index (χ0v) is 21.6. The second-order valence-corrected chi connectivity index (χ2v) is 9.32. The van der Waals surface area contributed by atoms with Crippen LogP contribution in [0.15, 0.2) is 90.0 Å². The first-order valence-corrected chi connectivity index (χ1v) is 12.8. The van der Waals surface area contributed by atoms with Gasteiger partial charge in [0.15, 0.2) is 5.82 Å². The van der Waals surface area contributed by atoms with E-state index in [1.165, 1.54) is 0 Å². The summed E-state index contributed by atoms with van der Waals surface area (Å²) in [4.78, 5) is 31.6. The Bertz CT molecular complexity index is 1900. The second-order valence-electron chi connectivity index (χ2n) is 9.32. The molecule has 40 heavy (non-hydrogen) atoms. The number of amides is 1. The van der Waals surface area contributed by atoms with Gasteiger partial charge in [-0.05, 0) is 54.8 Å². The Morgan fingerprint density at radius 3 is 2.67 bits per heavy atom. The summed E-state index contributed by atoms with van der Waals surface area (Å²) >= 11 is 0. The third-order valence-electron chi connectivity index (χ3n) is 6.70. The first kappa shape index (κ1) is 24.7. The van der Waals surface area contributed by atoms with Gasteiger partial charge in [-0.2, -0.15) is 0 Å². The Labute approximate surface area is 230 Å². The molecule has 0 aliphatic carbocycles. The molecule has 9 heteroatoms. The Morgan fingerprint density at radius 1 is 1.07 bits per heavy atom. The van der Waals surface area contributed by atoms with Gasteiger partial charge in [-0.15, -0.1) is 5.10 Å². The van der Waals surface area contributed by atoms with E-state index >= 15 is 0 Å². The minimum absolute atomic E-state index is 0.120. The van der Waals surface area contributed by atoms with E-state index in [-0.39, 0.29) is 16.9 Å². The van der Waals surface area contributed by atoms with E-state index in [9.17, 15) is 9.59 Å². The first-order chi connectivity index (χ1) is 19.5. The maximum absolute atomic E-state index is 14.2. The number of hydrogen-bond donors (Lipinski definition) is 3. The van der Waals surface area contributed by atoms with Crippen molar-refractivity contribution in [2.24, 2.45) is 0 Å². The molecule has 2 aromatic carbocycles. The van der Waals surface area contributed by atoms with Crippen LogP contribution in [0.5, 0.6) is 0 Å². The van der Waals surface area contributed by atoms with Crippen molar-refractivity contribution < 1.29 is 4.79 Å². The number of nitrogens with zero attached hydrogens (tertiary/aromatic N) is 4. The molecule has 1 unspecified atom stereocenters. The highest BCUT2D eigenvalue weighted by atomic mass is 16.2. The van der Waals surface area contributed by atoms with Gasteiger partial charge >= 0.3 is 0 Å². The fourth-order valence-electron chi connectivity index (χ4n) is 4.83. The van der Waals surface area contributed by atoms with Crippen LogP contribution in [0.25, 0.3) is 22.7 Å². The lowest BCUT2D eigenvalue weighted by molar-refractivity contribution is 0.0940. The lowest BCUT2D eigenvalue weighted by Gasteiger charge is -2.21. The number of para-hydroxylation sites is 1. The zero-order chi connectivity index (χ0) is 27.6. The molecule has 0 saturated carbocycles. The molecule has 1 atom stereocenters. The van der Waals surface area contributed by atoms with Crippen molar-refractivity contribution in [1.82, 2.24) is 24.6 Å². The van der Waals surface area contributed by atoms with E-state index in [4.69, 9.17) is 5.73 Å². The molecule has 0 radical (unpaired) electrons. The molecule has 0 fully saturated rings. The number of nitrogen functional groups attached to an aromatic ring is 1. The smallest absolute Gasteiger partial charge is 0.264 e. The van der Waals surface area contributed by atoms with E-state index in [1.807, 2.05) is 79.7 Å². The molecule has 1 amide bonds. The highest BCUT2D eigenvalue weighted by molar-refractivity contribution is 6.04. The molecule has 0 saturated heterocycles. The van der Waals surface area contributed by atoms with Crippen molar-refractivity contribution in [2.75, 3.05) is 17.6 Å². The summed E-state index contributed by atoms with van der Waals surface area (Å²) in [6, 6.07) is 19.9. The van der Waals surface area contributed by atoms with Crippen molar-refractivity contribution >= 4 is 34.5 Å². The largest absolute Gasteiger partial charge is 0.381 e. The standard InChI is InChI=1S/C31H25N7O2/c1-20(35-30(39)27-28(32)36-37-18-6-15-34-29(27)37)25-19-23-8-5-7-22(12-11-21-13-16-33-17-14-21)26(23)31(40)38(25)24-9-3-2-4-10-24/h2-10,13-14,16-20,34H,15H2,1H3,(H2,32,36)(H,35,39). The van der Waals surface area contributed by atoms with Crippen molar-refractivity contribution in [3.63, 3.8) is 0 Å². The van der Waals surface area contributed by atoms with Gasteiger partial charge in [0, 0.05) is 47.6 Å². The number of nitrogens with two attached hydrogens (primary N) is 1. The molecular formula is C31H25N7O2.